The molecule has 0 amide bonds. The van der Waals surface area contributed by atoms with Crippen LogP contribution in [0.25, 0.3) is 0 Å². The lowest BCUT2D eigenvalue weighted by Crippen LogP contribution is -2.12. The number of anilines is 2. The smallest absolute Gasteiger partial charge is 0.229 e. The zero-order valence-corrected chi connectivity index (χ0v) is 10.6. The lowest BCUT2D eigenvalue weighted by Gasteiger charge is -2.18. The number of nitrogens with zero attached hydrogens (tertiary/aromatic N) is 3. The molecular weight excluding hydrogens is 230 g/mol. The molecule has 5 heteroatoms. The highest BCUT2D eigenvalue weighted by Crippen LogP contribution is 2.30. The molecule has 1 aromatic carbocycles. The molecular formula is C13H15N3O2. The van der Waals surface area contributed by atoms with Crippen LogP contribution in [0.2, 0.25) is 0 Å². The Balaban J connectivity index is 2.38. The van der Waals surface area contributed by atoms with Crippen molar-refractivity contribution in [3.05, 3.63) is 36.7 Å². The maximum absolute atomic E-state index is 5.24. The number of rotatable bonds is 4. The van der Waals surface area contributed by atoms with Gasteiger partial charge in [-0.1, -0.05) is 0 Å². The van der Waals surface area contributed by atoms with Crippen molar-refractivity contribution >= 4 is 11.6 Å². The van der Waals surface area contributed by atoms with E-state index in [1.807, 2.05) is 30.1 Å². The molecule has 0 N–H and O–H groups in total. The van der Waals surface area contributed by atoms with Crippen molar-refractivity contribution in [1.82, 2.24) is 9.97 Å². The normalized spacial score (nSPS) is 9.94. The molecule has 0 aliphatic rings. The van der Waals surface area contributed by atoms with Crippen LogP contribution in [0.1, 0.15) is 0 Å². The van der Waals surface area contributed by atoms with E-state index in [1.165, 1.54) is 0 Å². The molecule has 18 heavy (non-hydrogen) atoms. The average molecular weight is 245 g/mol. The minimum Gasteiger partial charge on any atom is -0.497 e. The van der Waals surface area contributed by atoms with Gasteiger partial charge in [0.1, 0.15) is 11.5 Å². The molecule has 0 aliphatic carbocycles. The molecule has 0 saturated carbocycles. The van der Waals surface area contributed by atoms with E-state index in [9.17, 15) is 0 Å². The molecule has 2 aromatic rings. The monoisotopic (exact) mass is 245 g/mol. The molecule has 0 bridgehead atoms. The second-order valence-electron chi connectivity index (χ2n) is 3.68. The maximum Gasteiger partial charge on any atom is 0.229 e. The van der Waals surface area contributed by atoms with Gasteiger partial charge in [0, 0.05) is 37.6 Å². The Hall–Kier alpha value is -2.30. The van der Waals surface area contributed by atoms with Crippen molar-refractivity contribution in [2.75, 3.05) is 26.2 Å². The van der Waals surface area contributed by atoms with Gasteiger partial charge in [0.25, 0.3) is 0 Å². The summed E-state index contributed by atoms with van der Waals surface area (Å²) in [4.78, 5) is 10.3. The van der Waals surface area contributed by atoms with Crippen LogP contribution in [0.15, 0.2) is 36.7 Å². The fraction of sp³-hybridized carbons (Fsp3) is 0.231. The zero-order chi connectivity index (χ0) is 13.0. The van der Waals surface area contributed by atoms with Gasteiger partial charge in [-0.2, -0.15) is 0 Å². The summed E-state index contributed by atoms with van der Waals surface area (Å²) in [6, 6.07) is 7.41. The summed E-state index contributed by atoms with van der Waals surface area (Å²) in [6.07, 6.45) is 3.41. The highest BCUT2D eigenvalue weighted by Gasteiger charge is 2.09. The number of hydrogen-bond donors (Lipinski definition) is 0. The molecule has 0 radical (unpaired) electrons. The van der Waals surface area contributed by atoms with Crippen LogP contribution in [0.3, 0.4) is 0 Å². The van der Waals surface area contributed by atoms with E-state index in [1.54, 1.807) is 32.7 Å². The molecule has 0 fully saturated rings. The first-order valence-corrected chi connectivity index (χ1v) is 5.48. The van der Waals surface area contributed by atoms with Crippen LogP contribution in [0, 0.1) is 0 Å². The molecule has 2 rings (SSSR count). The van der Waals surface area contributed by atoms with E-state index in [2.05, 4.69) is 9.97 Å². The molecule has 0 atom stereocenters. The first-order chi connectivity index (χ1) is 8.74. The van der Waals surface area contributed by atoms with Gasteiger partial charge in [-0.05, 0) is 6.07 Å². The van der Waals surface area contributed by atoms with Crippen molar-refractivity contribution in [3.63, 3.8) is 0 Å². The summed E-state index contributed by atoms with van der Waals surface area (Å²) in [7, 11) is 5.14. The third kappa shape index (κ3) is 2.51. The Morgan fingerprint density at radius 3 is 2.00 bits per heavy atom. The van der Waals surface area contributed by atoms with Crippen LogP contribution >= 0.6 is 0 Å². The summed E-state index contributed by atoms with van der Waals surface area (Å²) >= 11 is 0. The third-order valence-electron chi connectivity index (χ3n) is 2.58. The first kappa shape index (κ1) is 12.2. The standard InChI is InChI=1S/C13H15N3O2/c1-16(13-14-5-4-6-15-13)10-7-11(17-2)9-12(8-10)18-3/h4-9H,1-3H3. The lowest BCUT2D eigenvalue weighted by molar-refractivity contribution is 0.394. The fourth-order valence-electron chi connectivity index (χ4n) is 1.57. The molecule has 0 unspecified atom stereocenters. The summed E-state index contributed by atoms with van der Waals surface area (Å²) in [5.41, 5.74) is 0.900. The van der Waals surface area contributed by atoms with Gasteiger partial charge in [0.05, 0.1) is 19.9 Å². The molecule has 0 saturated heterocycles. The molecule has 1 heterocycles. The number of ether oxygens (including phenoxy) is 2. The van der Waals surface area contributed by atoms with Gasteiger partial charge in [0.2, 0.25) is 5.95 Å². The maximum atomic E-state index is 5.24. The van der Waals surface area contributed by atoms with Crippen LogP contribution < -0.4 is 14.4 Å². The largest absolute Gasteiger partial charge is 0.497 e. The molecule has 94 valence electrons. The van der Waals surface area contributed by atoms with Crippen molar-refractivity contribution in [1.29, 1.82) is 0 Å². The number of methoxy groups -OCH3 is 2. The minimum absolute atomic E-state index is 0.618. The Kier molecular flexibility index (Phi) is 3.62. The van der Waals surface area contributed by atoms with Crippen molar-refractivity contribution in [2.45, 2.75) is 0 Å². The van der Waals surface area contributed by atoms with Crippen LogP contribution in [-0.4, -0.2) is 31.2 Å². The minimum atomic E-state index is 0.618. The number of aromatic nitrogens is 2. The van der Waals surface area contributed by atoms with E-state index in [0.29, 0.717) is 5.95 Å². The second kappa shape index (κ2) is 5.35. The summed E-state index contributed by atoms with van der Waals surface area (Å²) in [5.74, 6) is 2.08. The fourth-order valence-corrected chi connectivity index (χ4v) is 1.57. The van der Waals surface area contributed by atoms with Crippen molar-refractivity contribution in [3.8, 4) is 11.5 Å². The van der Waals surface area contributed by atoms with Gasteiger partial charge in [-0.3, -0.25) is 0 Å². The topological polar surface area (TPSA) is 47.5 Å². The Bertz CT molecular complexity index is 495. The van der Waals surface area contributed by atoms with Gasteiger partial charge >= 0.3 is 0 Å². The predicted octanol–water partition coefficient (Wildman–Crippen LogP) is 2.26. The molecule has 0 spiro atoms. The summed E-state index contributed by atoms with van der Waals surface area (Å²) < 4.78 is 10.5. The highest BCUT2D eigenvalue weighted by atomic mass is 16.5. The first-order valence-electron chi connectivity index (χ1n) is 5.48. The van der Waals surface area contributed by atoms with Crippen LogP contribution in [0.4, 0.5) is 11.6 Å². The van der Waals surface area contributed by atoms with Crippen molar-refractivity contribution < 1.29 is 9.47 Å². The van der Waals surface area contributed by atoms with Gasteiger partial charge in [-0.25, -0.2) is 9.97 Å². The van der Waals surface area contributed by atoms with Gasteiger partial charge < -0.3 is 14.4 Å². The molecule has 5 nitrogen and oxygen atoms in total. The van der Waals surface area contributed by atoms with Gasteiger partial charge in [0.15, 0.2) is 0 Å². The zero-order valence-electron chi connectivity index (χ0n) is 10.6. The van der Waals surface area contributed by atoms with Crippen LogP contribution in [0.5, 0.6) is 11.5 Å². The van der Waals surface area contributed by atoms with Crippen molar-refractivity contribution in [2.24, 2.45) is 0 Å². The molecule has 0 aliphatic heterocycles. The average Bonchev–Trinajstić information content (AvgIpc) is 2.46. The Morgan fingerprint density at radius 2 is 1.50 bits per heavy atom. The highest BCUT2D eigenvalue weighted by molar-refractivity contribution is 5.61. The number of hydrogen-bond acceptors (Lipinski definition) is 5. The van der Waals surface area contributed by atoms with Gasteiger partial charge in [-0.15, -0.1) is 0 Å². The van der Waals surface area contributed by atoms with E-state index >= 15 is 0 Å². The summed E-state index contributed by atoms with van der Waals surface area (Å²) in [5, 5.41) is 0. The Labute approximate surface area is 106 Å². The predicted molar refractivity (Wildman–Crippen MR) is 69.6 cm³/mol. The van der Waals surface area contributed by atoms with E-state index in [-0.39, 0.29) is 0 Å². The number of benzene rings is 1. The second-order valence-corrected chi connectivity index (χ2v) is 3.68. The third-order valence-corrected chi connectivity index (χ3v) is 2.58. The Morgan fingerprint density at radius 1 is 0.944 bits per heavy atom. The quantitative estimate of drug-likeness (QED) is 0.826. The molecule has 1 aromatic heterocycles. The van der Waals surface area contributed by atoms with E-state index in [0.717, 1.165) is 17.2 Å². The lowest BCUT2D eigenvalue weighted by atomic mass is 10.2. The summed E-state index contributed by atoms with van der Waals surface area (Å²) in [6.45, 7) is 0. The SMILES string of the molecule is COc1cc(OC)cc(N(C)c2ncccn2)c1. The van der Waals surface area contributed by atoms with E-state index < -0.39 is 0 Å². The van der Waals surface area contributed by atoms with Crippen LogP contribution in [-0.2, 0) is 0 Å². The van der Waals surface area contributed by atoms with E-state index in [4.69, 9.17) is 9.47 Å².